The lowest BCUT2D eigenvalue weighted by atomic mass is 9.98. The standard InChI is InChI=1S/C18H34O5/c1-5-6-11-22-17(19)13-21-14-18(20)23-12-10-16(4)9-7-8-15(2)3/h15-16H,5-14H2,1-4H3. The van der Waals surface area contributed by atoms with Gasteiger partial charge in [0.1, 0.15) is 13.2 Å². The van der Waals surface area contributed by atoms with Crippen LogP contribution in [0.3, 0.4) is 0 Å². The Labute approximate surface area is 141 Å². The average molecular weight is 330 g/mol. The number of rotatable bonds is 14. The second-order valence-corrected chi connectivity index (χ2v) is 6.51. The van der Waals surface area contributed by atoms with Gasteiger partial charge in [-0.25, -0.2) is 9.59 Å². The molecular weight excluding hydrogens is 296 g/mol. The Morgan fingerprint density at radius 1 is 0.826 bits per heavy atom. The van der Waals surface area contributed by atoms with Crippen LogP contribution in [0, 0.1) is 11.8 Å². The first-order chi connectivity index (χ1) is 11.0. The van der Waals surface area contributed by atoms with E-state index in [1.165, 1.54) is 12.8 Å². The monoisotopic (exact) mass is 330 g/mol. The summed E-state index contributed by atoms with van der Waals surface area (Å²) >= 11 is 0. The van der Waals surface area contributed by atoms with Crippen molar-refractivity contribution in [3.63, 3.8) is 0 Å². The molecule has 0 aromatic heterocycles. The van der Waals surface area contributed by atoms with Crippen LogP contribution in [-0.2, 0) is 23.8 Å². The molecule has 1 unspecified atom stereocenters. The van der Waals surface area contributed by atoms with E-state index in [-0.39, 0.29) is 13.2 Å². The minimum atomic E-state index is -0.440. The minimum absolute atomic E-state index is 0.204. The first kappa shape index (κ1) is 21.9. The van der Waals surface area contributed by atoms with Crippen molar-refractivity contribution in [1.82, 2.24) is 0 Å². The molecule has 0 N–H and O–H groups in total. The van der Waals surface area contributed by atoms with Crippen molar-refractivity contribution in [2.75, 3.05) is 26.4 Å². The van der Waals surface area contributed by atoms with Gasteiger partial charge in [-0.1, -0.05) is 53.4 Å². The molecule has 0 aliphatic carbocycles. The van der Waals surface area contributed by atoms with Gasteiger partial charge in [0, 0.05) is 0 Å². The summed E-state index contributed by atoms with van der Waals surface area (Å²) < 4.78 is 15.0. The fourth-order valence-corrected chi connectivity index (χ4v) is 2.02. The van der Waals surface area contributed by atoms with Crippen LogP contribution >= 0.6 is 0 Å². The van der Waals surface area contributed by atoms with Crippen LogP contribution in [0.25, 0.3) is 0 Å². The molecule has 5 heteroatoms. The third kappa shape index (κ3) is 15.6. The third-order valence-electron chi connectivity index (χ3n) is 3.55. The van der Waals surface area contributed by atoms with Crippen molar-refractivity contribution >= 4 is 11.9 Å². The molecule has 0 bridgehead atoms. The Balaban J connectivity index is 3.51. The molecule has 136 valence electrons. The summed E-state index contributed by atoms with van der Waals surface area (Å²) in [5.41, 5.74) is 0. The van der Waals surface area contributed by atoms with E-state index in [1.807, 2.05) is 6.92 Å². The summed E-state index contributed by atoms with van der Waals surface area (Å²) in [7, 11) is 0. The van der Waals surface area contributed by atoms with Crippen LogP contribution in [0.2, 0.25) is 0 Å². The number of esters is 2. The van der Waals surface area contributed by atoms with Crippen LogP contribution in [0.4, 0.5) is 0 Å². The molecule has 0 saturated heterocycles. The van der Waals surface area contributed by atoms with Gasteiger partial charge in [0.2, 0.25) is 0 Å². The van der Waals surface area contributed by atoms with Gasteiger partial charge in [-0.05, 0) is 24.7 Å². The summed E-state index contributed by atoms with van der Waals surface area (Å²) in [6.45, 7) is 9.05. The molecular formula is C18H34O5. The molecule has 0 rings (SSSR count). The predicted molar refractivity (Wildman–Crippen MR) is 90.1 cm³/mol. The van der Waals surface area contributed by atoms with Crippen LogP contribution < -0.4 is 0 Å². The highest BCUT2D eigenvalue weighted by Gasteiger charge is 2.09. The summed E-state index contributed by atoms with van der Waals surface area (Å²) in [5.74, 6) is 0.424. The van der Waals surface area contributed by atoms with Crippen molar-refractivity contribution < 1.29 is 23.8 Å². The Kier molecular flexibility index (Phi) is 13.8. The van der Waals surface area contributed by atoms with Gasteiger partial charge in [0.25, 0.3) is 0 Å². The number of ether oxygens (including phenoxy) is 3. The molecule has 23 heavy (non-hydrogen) atoms. The third-order valence-corrected chi connectivity index (χ3v) is 3.55. The van der Waals surface area contributed by atoms with Crippen molar-refractivity contribution in [2.45, 2.75) is 66.2 Å². The molecule has 0 aliphatic heterocycles. The van der Waals surface area contributed by atoms with Crippen LogP contribution in [0.5, 0.6) is 0 Å². The van der Waals surface area contributed by atoms with E-state index in [0.717, 1.165) is 31.6 Å². The van der Waals surface area contributed by atoms with Crippen molar-refractivity contribution in [3.05, 3.63) is 0 Å². The lowest BCUT2D eigenvalue weighted by Gasteiger charge is -2.12. The van der Waals surface area contributed by atoms with E-state index < -0.39 is 11.9 Å². The van der Waals surface area contributed by atoms with E-state index in [9.17, 15) is 9.59 Å². The number of hydrogen-bond acceptors (Lipinski definition) is 5. The lowest BCUT2D eigenvalue weighted by Crippen LogP contribution is -2.19. The smallest absolute Gasteiger partial charge is 0.332 e. The van der Waals surface area contributed by atoms with Crippen molar-refractivity contribution in [1.29, 1.82) is 0 Å². The number of unbranched alkanes of at least 4 members (excludes halogenated alkanes) is 1. The predicted octanol–water partition coefficient (Wildman–Crippen LogP) is 3.74. The van der Waals surface area contributed by atoms with Gasteiger partial charge in [0.15, 0.2) is 0 Å². The van der Waals surface area contributed by atoms with Crippen molar-refractivity contribution in [3.8, 4) is 0 Å². The molecule has 0 amide bonds. The Morgan fingerprint density at radius 3 is 2.00 bits per heavy atom. The zero-order valence-corrected chi connectivity index (χ0v) is 15.3. The zero-order valence-electron chi connectivity index (χ0n) is 15.3. The Morgan fingerprint density at radius 2 is 1.43 bits per heavy atom. The molecule has 0 saturated carbocycles. The topological polar surface area (TPSA) is 61.8 Å². The summed E-state index contributed by atoms with van der Waals surface area (Å²) in [6, 6.07) is 0. The van der Waals surface area contributed by atoms with Gasteiger partial charge < -0.3 is 14.2 Å². The van der Waals surface area contributed by atoms with E-state index in [4.69, 9.17) is 14.2 Å². The summed E-state index contributed by atoms with van der Waals surface area (Å²) in [6.07, 6.45) is 6.29. The van der Waals surface area contributed by atoms with E-state index in [2.05, 4.69) is 20.8 Å². The first-order valence-corrected chi connectivity index (χ1v) is 8.84. The molecule has 0 radical (unpaired) electrons. The summed E-state index contributed by atoms with van der Waals surface area (Å²) in [4.78, 5) is 22.7. The van der Waals surface area contributed by atoms with Gasteiger partial charge in [-0.3, -0.25) is 0 Å². The molecule has 0 aromatic rings. The second kappa shape index (κ2) is 14.5. The SMILES string of the molecule is CCCCOC(=O)COCC(=O)OCCC(C)CCCC(C)C. The van der Waals surface area contributed by atoms with Crippen LogP contribution in [0.1, 0.15) is 66.2 Å². The Hall–Kier alpha value is -1.10. The molecule has 0 spiro atoms. The highest BCUT2D eigenvalue weighted by Crippen LogP contribution is 2.15. The normalized spacial score (nSPS) is 12.2. The highest BCUT2D eigenvalue weighted by atomic mass is 16.6. The lowest BCUT2D eigenvalue weighted by molar-refractivity contribution is -0.155. The van der Waals surface area contributed by atoms with Crippen LogP contribution in [-0.4, -0.2) is 38.4 Å². The number of carbonyl (C=O) groups excluding carboxylic acids is 2. The van der Waals surface area contributed by atoms with E-state index in [0.29, 0.717) is 19.1 Å². The van der Waals surface area contributed by atoms with Gasteiger partial charge in [-0.2, -0.15) is 0 Å². The van der Waals surface area contributed by atoms with Crippen molar-refractivity contribution in [2.24, 2.45) is 11.8 Å². The number of hydrogen-bond donors (Lipinski definition) is 0. The maximum Gasteiger partial charge on any atom is 0.332 e. The van der Waals surface area contributed by atoms with Crippen LogP contribution in [0.15, 0.2) is 0 Å². The second-order valence-electron chi connectivity index (χ2n) is 6.51. The highest BCUT2D eigenvalue weighted by molar-refractivity contribution is 5.73. The Bertz CT molecular complexity index is 315. The zero-order chi connectivity index (χ0) is 17.5. The fourth-order valence-electron chi connectivity index (χ4n) is 2.02. The van der Waals surface area contributed by atoms with E-state index in [1.54, 1.807) is 0 Å². The largest absolute Gasteiger partial charge is 0.464 e. The molecule has 5 nitrogen and oxygen atoms in total. The average Bonchev–Trinajstić information content (AvgIpc) is 2.47. The maximum absolute atomic E-state index is 11.5. The van der Waals surface area contributed by atoms with Gasteiger partial charge >= 0.3 is 11.9 Å². The minimum Gasteiger partial charge on any atom is -0.464 e. The molecule has 1 atom stereocenters. The van der Waals surface area contributed by atoms with Gasteiger partial charge in [0.05, 0.1) is 13.2 Å². The fraction of sp³-hybridized carbons (Fsp3) is 0.889. The maximum atomic E-state index is 11.5. The van der Waals surface area contributed by atoms with E-state index >= 15 is 0 Å². The molecule has 0 aliphatic rings. The quantitative estimate of drug-likeness (QED) is 0.359. The van der Waals surface area contributed by atoms with Gasteiger partial charge in [-0.15, -0.1) is 0 Å². The first-order valence-electron chi connectivity index (χ1n) is 8.84. The number of carbonyl (C=O) groups is 2. The molecule has 0 heterocycles. The molecule has 0 aromatic carbocycles. The molecule has 0 fully saturated rings. The summed E-state index contributed by atoms with van der Waals surface area (Å²) in [5, 5.41) is 0.